The molecule has 0 saturated heterocycles. The molecule has 1 aromatic heterocycles. The van der Waals surface area contributed by atoms with Crippen molar-refractivity contribution in [3.05, 3.63) is 35.5 Å². The quantitative estimate of drug-likeness (QED) is 0.615. The molecule has 0 bridgehead atoms. The summed E-state index contributed by atoms with van der Waals surface area (Å²) in [6.07, 6.45) is 3.45. The third-order valence-electron chi connectivity index (χ3n) is 1.10. The Morgan fingerprint density at radius 1 is 1.40 bits per heavy atom. The topological polar surface area (TPSA) is 12.9 Å². The zero-order valence-corrected chi connectivity index (χ0v) is 7.02. The van der Waals surface area contributed by atoms with Crippen LogP contribution in [0.4, 0.5) is 0 Å². The van der Waals surface area contributed by atoms with Crippen LogP contribution in [0.5, 0.6) is 0 Å². The van der Waals surface area contributed by atoms with E-state index in [-0.39, 0.29) is 0 Å². The van der Waals surface area contributed by atoms with Gasteiger partial charge in [-0.2, -0.15) is 12.6 Å². The molecule has 0 fully saturated rings. The van der Waals surface area contributed by atoms with Crippen molar-refractivity contribution in [3.8, 4) is 0 Å². The minimum atomic E-state index is 0.853. The van der Waals surface area contributed by atoms with Crippen LogP contribution in [0.3, 0.4) is 0 Å². The smallest absolute Gasteiger partial charge is 0.0274 e. The summed E-state index contributed by atoms with van der Waals surface area (Å²) in [5.74, 6) is 0. The molecule has 0 aliphatic carbocycles. The van der Waals surface area contributed by atoms with E-state index in [4.69, 9.17) is 0 Å². The maximum Gasteiger partial charge on any atom is 0.0274 e. The lowest BCUT2D eigenvalue weighted by Gasteiger charge is -1.95. The van der Waals surface area contributed by atoms with Gasteiger partial charge in [0, 0.05) is 17.3 Å². The number of pyridine rings is 1. The van der Waals surface area contributed by atoms with Crippen molar-refractivity contribution in [2.45, 2.75) is 0 Å². The maximum atomic E-state index is 4.18. The van der Waals surface area contributed by atoms with Crippen LogP contribution in [0.2, 0.25) is 0 Å². The van der Waals surface area contributed by atoms with Gasteiger partial charge in [0.2, 0.25) is 0 Å². The van der Waals surface area contributed by atoms with Crippen molar-refractivity contribution in [1.29, 1.82) is 0 Å². The second kappa shape index (κ2) is 3.68. The first-order chi connectivity index (χ1) is 4.84. The fourth-order valence-electron chi connectivity index (χ4n) is 0.597. The van der Waals surface area contributed by atoms with Gasteiger partial charge in [-0.25, -0.2) is 0 Å². The SMILES string of the molecule is S/C=C(\S)c1ccncc1. The molecule has 10 heavy (non-hydrogen) atoms. The first kappa shape index (κ1) is 7.69. The molecule has 52 valence electrons. The van der Waals surface area contributed by atoms with Crippen LogP contribution in [0.15, 0.2) is 29.9 Å². The van der Waals surface area contributed by atoms with E-state index in [0.29, 0.717) is 0 Å². The van der Waals surface area contributed by atoms with Gasteiger partial charge in [-0.15, -0.1) is 12.6 Å². The number of rotatable bonds is 1. The average molecular weight is 169 g/mol. The molecule has 1 nitrogen and oxygen atoms in total. The maximum absolute atomic E-state index is 4.18. The predicted octanol–water partition coefficient (Wildman–Crippen LogP) is 2.24. The highest BCUT2D eigenvalue weighted by Gasteiger charge is 1.90. The van der Waals surface area contributed by atoms with Crippen LogP contribution in [-0.4, -0.2) is 4.98 Å². The zero-order valence-electron chi connectivity index (χ0n) is 5.23. The molecule has 0 aliphatic heterocycles. The van der Waals surface area contributed by atoms with Crippen LogP contribution in [0.1, 0.15) is 5.56 Å². The fourth-order valence-corrected chi connectivity index (χ4v) is 0.895. The molecule has 0 atom stereocenters. The standard InChI is InChI=1S/C7H7NS2/c9-5-7(10)6-1-3-8-4-2-6/h1-5,9-10H/b7-5-. The molecule has 0 amide bonds. The van der Waals surface area contributed by atoms with Crippen molar-refractivity contribution in [1.82, 2.24) is 4.98 Å². The van der Waals surface area contributed by atoms with Gasteiger partial charge in [0.15, 0.2) is 0 Å². The molecule has 0 spiro atoms. The molecule has 0 radical (unpaired) electrons. The molecule has 0 aliphatic rings. The first-order valence-electron chi connectivity index (χ1n) is 2.78. The summed E-state index contributed by atoms with van der Waals surface area (Å²) in [5.41, 5.74) is 1.04. The van der Waals surface area contributed by atoms with E-state index in [1.807, 2.05) is 12.1 Å². The van der Waals surface area contributed by atoms with E-state index in [9.17, 15) is 0 Å². The van der Waals surface area contributed by atoms with E-state index in [1.54, 1.807) is 17.8 Å². The lowest BCUT2D eigenvalue weighted by Crippen LogP contribution is -1.75. The van der Waals surface area contributed by atoms with E-state index in [0.717, 1.165) is 10.5 Å². The normalized spacial score (nSPS) is 11.6. The summed E-state index contributed by atoms with van der Waals surface area (Å²) in [5, 5.41) is 1.65. The highest BCUT2D eigenvalue weighted by Crippen LogP contribution is 2.16. The Balaban J connectivity index is 2.96. The summed E-state index contributed by atoms with van der Waals surface area (Å²) < 4.78 is 0. The Labute approximate surface area is 71.0 Å². The van der Waals surface area contributed by atoms with Gasteiger partial charge in [0.05, 0.1) is 0 Å². The Kier molecular flexibility index (Phi) is 2.83. The summed E-state index contributed by atoms with van der Waals surface area (Å²) in [4.78, 5) is 4.73. The number of thiol groups is 2. The van der Waals surface area contributed by atoms with Crippen molar-refractivity contribution in [2.24, 2.45) is 0 Å². The third kappa shape index (κ3) is 1.78. The molecule has 1 heterocycles. The molecular formula is C7H7NS2. The second-order valence-corrected chi connectivity index (χ2v) is 2.49. The lowest BCUT2D eigenvalue weighted by molar-refractivity contribution is 1.32. The van der Waals surface area contributed by atoms with Gasteiger partial charge in [0.25, 0.3) is 0 Å². The van der Waals surface area contributed by atoms with E-state index < -0.39 is 0 Å². The van der Waals surface area contributed by atoms with Crippen LogP contribution < -0.4 is 0 Å². The van der Waals surface area contributed by atoms with Crippen LogP contribution in [-0.2, 0) is 0 Å². The Morgan fingerprint density at radius 2 is 2.00 bits per heavy atom. The Bertz CT molecular complexity index is 231. The van der Waals surface area contributed by atoms with Gasteiger partial charge < -0.3 is 0 Å². The predicted molar refractivity (Wildman–Crippen MR) is 50.2 cm³/mol. The zero-order chi connectivity index (χ0) is 7.40. The Morgan fingerprint density at radius 3 is 2.50 bits per heavy atom. The van der Waals surface area contributed by atoms with Crippen LogP contribution in [0, 0.1) is 0 Å². The fraction of sp³-hybridized carbons (Fsp3) is 0. The molecular weight excluding hydrogens is 162 g/mol. The number of nitrogens with zero attached hydrogens (tertiary/aromatic N) is 1. The molecule has 0 unspecified atom stereocenters. The van der Waals surface area contributed by atoms with Gasteiger partial charge in [-0.05, 0) is 23.1 Å². The van der Waals surface area contributed by atoms with Crippen LogP contribution in [0.25, 0.3) is 4.91 Å². The Hall–Kier alpha value is -0.410. The minimum Gasteiger partial charge on any atom is -0.265 e. The largest absolute Gasteiger partial charge is 0.265 e. The third-order valence-corrected chi connectivity index (χ3v) is 1.95. The van der Waals surface area contributed by atoms with Crippen molar-refractivity contribution < 1.29 is 0 Å². The molecule has 0 saturated carbocycles. The van der Waals surface area contributed by atoms with E-state index in [2.05, 4.69) is 30.2 Å². The number of aromatic nitrogens is 1. The minimum absolute atomic E-state index is 0.853. The summed E-state index contributed by atoms with van der Waals surface area (Å²) >= 11 is 8.14. The molecule has 0 aromatic carbocycles. The molecule has 1 rings (SSSR count). The van der Waals surface area contributed by atoms with Gasteiger partial charge in [-0.1, -0.05) is 0 Å². The van der Waals surface area contributed by atoms with Gasteiger partial charge in [0.1, 0.15) is 0 Å². The lowest BCUT2D eigenvalue weighted by atomic mass is 10.3. The van der Waals surface area contributed by atoms with Gasteiger partial charge in [-0.3, -0.25) is 4.98 Å². The molecule has 1 aromatic rings. The van der Waals surface area contributed by atoms with Crippen LogP contribution >= 0.6 is 25.3 Å². The average Bonchev–Trinajstić information content (AvgIpc) is 2.05. The van der Waals surface area contributed by atoms with Gasteiger partial charge >= 0.3 is 0 Å². The summed E-state index contributed by atoms with van der Waals surface area (Å²) in [7, 11) is 0. The highest BCUT2D eigenvalue weighted by molar-refractivity contribution is 7.92. The molecule has 3 heteroatoms. The molecule has 0 N–H and O–H groups in total. The highest BCUT2D eigenvalue weighted by atomic mass is 32.1. The summed E-state index contributed by atoms with van der Waals surface area (Å²) in [6, 6.07) is 3.77. The van der Waals surface area contributed by atoms with E-state index >= 15 is 0 Å². The second-order valence-electron chi connectivity index (χ2n) is 1.75. The number of hydrogen-bond donors (Lipinski definition) is 2. The van der Waals surface area contributed by atoms with Crippen molar-refractivity contribution in [2.75, 3.05) is 0 Å². The number of hydrogen-bond acceptors (Lipinski definition) is 3. The van der Waals surface area contributed by atoms with E-state index in [1.165, 1.54) is 0 Å². The first-order valence-corrected chi connectivity index (χ1v) is 3.74. The summed E-state index contributed by atoms with van der Waals surface area (Å²) in [6.45, 7) is 0. The van der Waals surface area contributed by atoms with Crippen molar-refractivity contribution >= 4 is 30.2 Å². The van der Waals surface area contributed by atoms with Crippen molar-refractivity contribution in [3.63, 3.8) is 0 Å². The monoisotopic (exact) mass is 169 g/mol.